The van der Waals surface area contributed by atoms with Gasteiger partial charge in [-0.1, -0.05) is 26.7 Å². The van der Waals surface area contributed by atoms with E-state index in [1.54, 1.807) is 0 Å². The summed E-state index contributed by atoms with van der Waals surface area (Å²) in [6.45, 7) is 6.30. The van der Waals surface area contributed by atoms with E-state index in [0.717, 1.165) is 25.7 Å². The first kappa shape index (κ1) is 23.5. The van der Waals surface area contributed by atoms with Crippen LogP contribution in [0.25, 0.3) is 21.8 Å². The predicted octanol–water partition coefficient (Wildman–Crippen LogP) is 3.14. The molecule has 8 heteroatoms. The van der Waals surface area contributed by atoms with Crippen molar-refractivity contribution in [2.75, 3.05) is 0 Å². The molecule has 0 aliphatic rings. The molecule has 0 radical (unpaired) electrons. The third-order valence-electron chi connectivity index (χ3n) is 5.61. The number of pyridine rings is 3. The van der Waals surface area contributed by atoms with Crippen molar-refractivity contribution in [3.8, 4) is 0 Å². The number of Topliss-reactive ketones (excluding diaryl/α,β-unsaturated/α-hetero) is 1. The molecule has 0 amide bonds. The van der Waals surface area contributed by atoms with E-state index in [4.69, 9.17) is 0 Å². The zero-order chi connectivity index (χ0) is 23.4. The summed E-state index contributed by atoms with van der Waals surface area (Å²) < 4.78 is 2.98. The number of ketones is 1. The minimum Gasteiger partial charge on any atom is -0.388 e. The van der Waals surface area contributed by atoms with Crippen molar-refractivity contribution in [1.29, 1.82) is 0 Å². The van der Waals surface area contributed by atoms with Crippen LogP contribution < -0.4 is 11.1 Å². The lowest BCUT2D eigenvalue weighted by Crippen LogP contribution is -2.25. The molecule has 3 heterocycles. The van der Waals surface area contributed by atoms with Crippen LogP contribution in [0.15, 0.2) is 28.0 Å². The average molecular weight is 440 g/mol. The number of rotatable bonds is 10. The maximum atomic E-state index is 13.2. The van der Waals surface area contributed by atoms with Crippen molar-refractivity contribution < 1.29 is 14.7 Å². The zero-order valence-corrected chi connectivity index (χ0v) is 18.8. The van der Waals surface area contributed by atoms with E-state index in [9.17, 15) is 24.3 Å². The van der Waals surface area contributed by atoms with E-state index in [2.05, 4.69) is 4.98 Å². The molecule has 8 nitrogen and oxygen atoms in total. The number of hydrogen-bond acceptors (Lipinski definition) is 6. The number of carbonyl (C=O) groups is 2. The van der Waals surface area contributed by atoms with Crippen LogP contribution in [0, 0.1) is 0 Å². The highest BCUT2D eigenvalue weighted by atomic mass is 16.3. The number of aryl methyl sites for hydroxylation is 2. The van der Waals surface area contributed by atoms with Gasteiger partial charge in [-0.05, 0) is 25.8 Å². The number of nitrogens with zero attached hydrogens (tertiary/aromatic N) is 3. The molecule has 1 N–H and O–H groups in total. The molecule has 32 heavy (non-hydrogen) atoms. The first-order chi connectivity index (χ1) is 15.3. The summed E-state index contributed by atoms with van der Waals surface area (Å²) in [7, 11) is 0. The fourth-order valence-electron chi connectivity index (χ4n) is 3.87. The Labute approximate surface area is 185 Å². The standard InChI is InChI=1S/C24H29N3O5/c1-4-6-8-26-12-16(14-28)21-17(23(26)31)11-18-22(25-21)19(20(30)10-15(3)29)13-27(24(18)32)9-7-5-2/h11-14,20,30H,4-10H2,1-3H3. The average Bonchev–Trinajstić information content (AvgIpc) is 2.77. The van der Waals surface area contributed by atoms with Gasteiger partial charge in [-0.3, -0.25) is 19.2 Å². The number of aldehydes is 1. The third kappa shape index (κ3) is 4.55. The van der Waals surface area contributed by atoms with Crippen molar-refractivity contribution in [2.24, 2.45) is 0 Å². The lowest BCUT2D eigenvalue weighted by Gasteiger charge is -2.16. The molecule has 0 bridgehead atoms. The molecule has 3 rings (SSSR count). The summed E-state index contributed by atoms with van der Waals surface area (Å²) in [6, 6.07) is 1.48. The van der Waals surface area contributed by atoms with E-state index >= 15 is 0 Å². The van der Waals surface area contributed by atoms with Crippen LogP contribution in [-0.2, 0) is 17.9 Å². The smallest absolute Gasteiger partial charge is 0.260 e. The highest BCUT2D eigenvalue weighted by Gasteiger charge is 2.21. The molecule has 0 aliphatic carbocycles. The summed E-state index contributed by atoms with van der Waals surface area (Å²) in [5, 5.41) is 11.1. The van der Waals surface area contributed by atoms with Gasteiger partial charge < -0.3 is 14.2 Å². The van der Waals surface area contributed by atoms with Gasteiger partial charge in [0.15, 0.2) is 6.29 Å². The Bertz CT molecular complexity index is 1290. The van der Waals surface area contributed by atoms with Crippen molar-refractivity contribution in [3.63, 3.8) is 0 Å². The van der Waals surface area contributed by atoms with Crippen LogP contribution in [-0.4, -0.2) is 31.3 Å². The molecular formula is C24H29N3O5. The second-order valence-electron chi connectivity index (χ2n) is 8.19. The Hall–Kier alpha value is -3.13. The first-order valence-corrected chi connectivity index (χ1v) is 11.1. The Morgan fingerprint density at radius 1 is 1.03 bits per heavy atom. The quantitative estimate of drug-likeness (QED) is 0.384. The summed E-state index contributed by atoms with van der Waals surface area (Å²) >= 11 is 0. The van der Waals surface area contributed by atoms with Gasteiger partial charge in [0, 0.05) is 37.5 Å². The van der Waals surface area contributed by atoms with Crippen LogP contribution in [0.4, 0.5) is 0 Å². The summed E-state index contributed by atoms with van der Waals surface area (Å²) in [6.07, 6.45) is 5.67. The number of unbranched alkanes of at least 4 members (excludes halogenated alkanes) is 2. The van der Waals surface area contributed by atoms with Crippen molar-refractivity contribution in [2.45, 2.75) is 72.1 Å². The van der Waals surface area contributed by atoms with E-state index in [1.165, 1.54) is 34.5 Å². The van der Waals surface area contributed by atoms with E-state index in [1.807, 2.05) is 13.8 Å². The van der Waals surface area contributed by atoms with Crippen LogP contribution in [0.2, 0.25) is 0 Å². The van der Waals surface area contributed by atoms with Gasteiger partial charge in [-0.2, -0.15) is 0 Å². The molecule has 0 aliphatic heterocycles. The first-order valence-electron chi connectivity index (χ1n) is 11.1. The summed E-state index contributed by atoms with van der Waals surface area (Å²) in [5.41, 5.74) is 0.324. The van der Waals surface area contributed by atoms with Gasteiger partial charge in [0.1, 0.15) is 5.78 Å². The molecule has 3 aromatic rings. The van der Waals surface area contributed by atoms with Crippen LogP contribution in [0.5, 0.6) is 0 Å². The maximum Gasteiger partial charge on any atom is 0.260 e. The van der Waals surface area contributed by atoms with Crippen molar-refractivity contribution in [3.05, 3.63) is 50.3 Å². The Kier molecular flexibility index (Phi) is 7.35. The minimum atomic E-state index is -1.15. The van der Waals surface area contributed by atoms with Crippen LogP contribution in [0.1, 0.15) is 74.9 Å². The fraction of sp³-hybridized carbons (Fsp3) is 0.458. The molecule has 0 saturated heterocycles. The molecule has 0 saturated carbocycles. The monoisotopic (exact) mass is 439 g/mol. The minimum absolute atomic E-state index is 0.125. The Morgan fingerprint density at radius 2 is 1.59 bits per heavy atom. The molecule has 3 aromatic heterocycles. The van der Waals surface area contributed by atoms with E-state index in [-0.39, 0.29) is 50.7 Å². The molecule has 0 spiro atoms. The molecule has 0 fully saturated rings. The highest BCUT2D eigenvalue weighted by molar-refractivity contribution is 6.00. The topological polar surface area (TPSA) is 111 Å². The van der Waals surface area contributed by atoms with Gasteiger partial charge >= 0.3 is 0 Å². The SMILES string of the molecule is CCCCn1cc(C=O)c2nc3c(C(O)CC(C)=O)cn(CCCC)c(=O)c3cc2c1=O. The molecule has 170 valence electrons. The maximum absolute atomic E-state index is 13.2. The summed E-state index contributed by atoms with van der Waals surface area (Å²) in [5.74, 6) is -0.204. The lowest BCUT2D eigenvalue weighted by atomic mass is 10.0. The highest BCUT2D eigenvalue weighted by Crippen LogP contribution is 2.26. The molecule has 1 atom stereocenters. The van der Waals surface area contributed by atoms with E-state index in [0.29, 0.717) is 24.9 Å². The normalized spacial score (nSPS) is 12.4. The summed E-state index contributed by atoms with van der Waals surface area (Å²) in [4.78, 5) is 54.2. The number of hydrogen-bond donors (Lipinski definition) is 1. The lowest BCUT2D eigenvalue weighted by molar-refractivity contribution is -0.118. The fourth-order valence-corrected chi connectivity index (χ4v) is 3.87. The number of aliphatic hydroxyl groups is 1. The number of aromatic nitrogens is 3. The second-order valence-corrected chi connectivity index (χ2v) is 8.19. The number of fused-ring (bicyclic) bond motifs is 2. The van der Waals surface area contributed by atoms with Crippen LogP contribution >= 0.6 is 0 Å². The number of aliphatic hydroxyl groups excluding tert-OH is 1. The van der Waals surface area contributed by atoms with Gasteiger partial charge in [-0.25, -0.2) is 4.98 Å². The second kappa shape index (κ2) is 9.99. The molecule has 0 aromatic carbocycles. The van der Waals surface area contributed by atoms with Gasteiger partial charge in [0.05, 0.1) is 33.5 Å². The predicted molar refractivity (Wildman–Crippen MR) is 123 cm³/mol. The largest absolute Gasteiger partial charge is 0.388 e. The Balaban J connectivity index is 2.40. The van der Waals surface area contributed by atoms with Crippen molar-refractivity contribution in [1.82, 2.24) is 14.1 Å². The van der Waals surface area contributed by atoms with Gasteiger partial charge in [-0.15, -0.1) is 0 Å². The Morgan fingerprint density at radius 3 is 2.12 bits per heavy atom. The number of carbonyl (C=O) groups excluding carboxylic acids is 2. The van der Waals surface area contributed by atoms with Crippen LogP contribution in [0.3, 0.4) is 0 Å². The molecule has 1 unspecified atom stereocenters. The third-order valence-corrected chi connectivity index (χ3v) is 5.61. The zero-order valence-electron chi connectivity index (χ0n) is 18.8. The van der Waals surface area contributed by atoms with Gasteiger partial charge in [0.25, 0.3) is 11.1 Å². The molecular weight excluding hydrogens is 410 g/mol. The van der Waals surface area contributed by atoms with E-state index < -0.39 is 6.10 Å². The van der Waals surface area contributed by atoms with Gasteiger partial charge in [0.2, 0.25) is 0 Å². The van der Waals surface area contributed by atoms with Crippen molar-refractivity contribution >= 4 is 33.9 Å².